The zero-order chi connectivity index (χ0) is 11.8. The quantitative estimate of drug-likeness (QED) is 0.848. The average Bonchev–Trinajstić information content (AvgIpc) is 3.08. The van der Waals surface area contributed by atoms with Crippen LogP contribution in [-0.2, 0) is 0 Å². The van der Waals surface area contributed by atoms with E-state index >= 15 is 0 Å². The summed E-state index contributed by atoms with van der Waals surface area (Å²) < 4.78 is 1.84. The van der Waals surface area contributed by atoms with Crippen LogP contribution < -0.4 is 5.32 Å². The van der Waals surface area contributed by atoms with E-state index in [0.29, 0.717) is 5.92 Å². The van der Waals surface area contributed by atoms with Gasteiger partial charge in [0.25, 0.3) is 0 Å². The van der Waals surface area contributed by atoms with E-state index in [2.05, 4.69) is 15.4 Å². The molecule has 2 aromatic rings. The summed E-state index contributed by atoms with van der Waals surface area (Å²) in [7, 11) is 0. The van der Waals surface area contributed by atoms with Gasteiger partial charge in [-0.05, 0) is 31.7 Å². The molecule has 1 aliphatic rings. The SMILES string of the molecule is Cc1cc2c(NCC(Cl)C3CC3)nccn2n1. The van der Waals surface area contributed by atoms with Crippen LogP contribution >= 0.6 is 11.6 Å². The lowest BCUT2D eigenvalue weighted by molar-refractivity contribution is 0.768. The molecule has 0 saturated heterocycles. The lowest BCUT2D eigenvalue weighted by atomic mass is 10.3. The minimum atomic E-state index is 0.209. The first kappa shape index (κ1) is 10.8. The number of nitrogens with one attached hydrogen (secondary N) is 1. The number of rotatable bonds is 4. The van der Waals surface area contributed by atoms with Crippen LogP contribution in [0.4, 0.5) is 5.82 Å². The van der Waals surface area contributed by atoms with Gasteiger partial charge in [-0.2, -0.15) is 5.10 Å². The van der Waals surface area contributed by atoms with Crippen molar-refractivity contribution in [2.24, 2.45) is 5.92 Å². The number of hydrogen-bond donors (Lipinski definition) is 1. The number of anilines is 1. The molecule has 1 unspecified atom stereocenters. The summed E-state index contributed by atoms with van der Waals surface area (Å²) in [5, 5.41) is 7.88. The van der Waals surface area contributed by atoms with Crippen LogP contribution in [0.5, 0.6) is 0 Å². The fraction of sp³-hybridized carbons (Fsp3) is 0.500. The maximum Gasteiger partial charge on any atom is 0.152 e. The molecule has 0 spiro atoms. The van der Waals surface area contributed by atoms with Gasteiger partial charge in [-0.25, -0.2) is 9.50 Å². The Bertz CT molecular complexity index is 532. The third kappa shape index (κ3) is 2.22. The highest BCUT2D eigenvalue weighted by Gasteiger charge is 2.29. The third-order valence-electron chi connectivity index (χ3n) is 3.11. The Morgan fingerprint density at radius 2 is 2.41 bits per heavy atom. The second kappa shape index (κ2) is 4.18. The molecule has 2 aromatic heterocycles. The number of hydrogen-bond acceptors (Lipinski definition) is 3. The average molecular weight is 251 g/mol. The first-order chi connectivity index (χ1) is 8.24. The van der Waals surface area contributed by atoms with Gasteiger partial charge in [0.2, 0.25) is 0 Å². The van der Waals surface area contributed by atoms with Crippen molar-refractivity contribution in [2.75, 3.05) is 11.9 Å². The maximum atomic E-state index is 6.27. The highest BCUT2D eigenvalue weighted by atomic mass is 35.5. The van der Waals surface area contributed by atoms with Crippen molar-refractivity contribution >= 4 is 22.9 Å². The van der Waals surface area contributed by atoms with E-state index in [1.54, 1.807) is 6.20 Å². The van der Waals surface area contributed by atoms with E-state index in [0.717, 1.165) is 23.6 Å². The van der Waals surface area contributed by atoms with Crippen LogP contribution in [0.25, 0.3) is 5.52 Å². The molecule has 2 heterocycles. The van der Waals surface area contributed by atoms with Crippen molar-refractivity contribution in [3.05, 3.63) is 24.2 Å². The minimum absolute atomic E-state index is 0.209. The van der Waals surface area contributed by atoms with Gasteiger partial charge >= 0.3 is 0 Å². The molecule has 1 N–H and O–H groups in total. The topological polar surface area (TPSA) is 42.2 Å². The van der Waals surface area contributed by atoms with E-state index in [9.17, 15) is 0 Å². The number of alkyl halides is 1. The van der Waals surface area contributed by atoms with Crippen LogP contribution in [0.15, 0.2) is 18.5 Å². The molecule has 1 saturated carbocycles. The molecule has 0 aliphatic heterocycles. The summed E-state index contributed by atoms with van der Waals surface area (Å²) in [6.45, 7) is 2.74. The fourth-order valence-electron chi connectivity index (χ4n) is 2.00. The normalized spacial score (nSPS) is 17.3. The molecule has 17 heavy (non-hydrogen) atoms. The Hall–Kier alpha value is -1.29. The Balaban J connectivity index is 1.79. The first-order valence-electron chi connectivity index (χ1n) is 5.93. The Labute approximate surface area is 105 Å². The summed E-state index contributed by atoms with van der Waals surface area (Å²) in [5.41, 5.74) is 2.00. The van der Waals surface area contributed by atoms with Gasteiger partial charge in [0.15, 0.2) is 5.82 Å². The van der Waals surface area contributed by atoms with Crippen LogP contribution in [0.1, 0.15) is 18.5 Å². The molecular formula is C12H15ClN4. The number of aromatic nitrogens is 3. The Kier molecular flexibility index (Phi) is 2.67. The van der Waals surface area contributed by atoms with Gasteiger partial charge in [-0.15, -0.1) is 11.6 Å². The molecule has 1 atom stereocenters. The summed E-state index contributed by atoms with van der Waals surface area (Å²) in [4.78, 5) is 4.34. The van der Waals surface area contributed by atoms with Gasteiger partial charge in [0.1, 0.15) is 5.52 Å². The molecule has 4 nitrogen and oxygen atoms in total. The predicted octanol–water partition coefficient (Wildman–Crippen LogP) is 2.47. The van der Waals surface area contributed by atoms with Gasteiger partial charge in [0.05, 0.1) is 11.1 Å². The van der Waals surface area contributed by atoms with E-state index in [-0.39, 0.29) is 5.38 Å². The van der Waals surface area contributed by atoms with Gasteiger partial charge in [-0.3, -0.25) is 0 Å². The number of aryl methyl sites for hydroxylation is 1. The number of nitrogens with zero attached hydrogens (tertiary/aromatic N) is 3. The lowest BCUT2D eigenvalue weighted by Crippen LogP contribution is -2.17. The fourth-order valence-corrected chi connectivity index (χ4v) is 2.33. The van der Waals surface area contributed by atoms with E-state index in [1.807, 2.05) is 23.7 Å². The Morgan fingerprint density at radius 3 is 3.18 bits per heavy atom. The van der Waals surface area contributed by atoms with Crippen molar-refractivity contribution in [3.8, 4) is 0 Å². The minimum Gasteiger partial charge on any atom is -0.367 e. The second-order valence-corrected chi connectivity index (χ2v) is 5.19. The molecule has 1 fully saturated rings. The zero-order valence-electron chi connectivity index (χ0n) is 9.73. The first-order valence-corrected chi connectivity index (χ1v) is 6.36. The van der Waals surface area contributed by atoms with Crippen molar-refractivity contribution in [1.82, 2.24) is 14.6 Å². The molecule has 5 heteroatoms. The Morgan fingerprint density at radius 1 is 1.59 bits per heavy atom. The van der Waals surface area contributed by atoms with Crippen LogP contribution in [0, 0.1) is 12.8 Å². The highest BCUT2D eigenvalue weighted by Crippen LogP contribution is 2.35. The molecule has 1 aliphatic carbocycles. The standard InChI is InChI=1S/C12H15ClN4/c1-8-6-11-12(14-4-5-17(11)16-8)15-7-10(13)9-2-3-9/h4-6,9-10H,2-3,7H2,1H3,(H,14,15). The van der Waals surface area contributed by atoms with E-state index in [1.165, 1.54) is 12.8 Å². The largest absolute Gasteiger partial charge is 0.367 e. The number of halogens is 1. The zero-order valence-corrected chi connectivity index (χ0v) is 10.5. The van der Waals surface area contributed by atoms with Crippen molar-refractivity contribution in [3.63, 3.8) is 0 Å². The van der Waals surface area contributed by atoms with Crippen molar-refractivity contribution < 1.29 is 0 Å². The van der Waals surface area contributed by atoms with Crippen molar-refractivity contribution in [2.45, 2.75) is 25.1 Å². The van der Waals surface area contributed by atoms with Gasteiger partial charge in [-0.1, -0.05) is 0 Å². The number of fused-ring (bicyclic) bond motifs is 1. The summed E-state index contributed by atoms with van der Waals surface area (Å²) in [6.07, 6.45) is 6.13. The van der Waals surface area contributed by atoms with Gasteiger partial charge < -0.3 is 5.32 Å². The molecule has 0 bridgehead atoms. The van der Waals surface area contributed by atoms with E-state index < -0.39 is 0 Å². The predicted molar refractivity (Wildman–Crippen MR) is 68.6 cm³/mol. The van der Waals surface area contributed by atoms with Crippen LogP contribution in [-0.4, -0.2) is 26.5 Å². The summed E-state index contributed by atoms with van der Waals surface area (Å²) >= 11 is 6.27. The molecular weight excluding hydrogens is 236 g/mol. The molecule has 0 radical (unpaired) electrons. The molecule has 0 amide bonds. The summed E-state index contributed by atoms with van der Waals surface area (Å²) in [5.74, 6) is 1.55. The maximum absolute atomic E-state index is 6.27. The monoisotopic (exact) mass is 250 g/mol. The highest BCUT2D eigenvalue weighted by molar-refractivity contribution is 6.21. The lowest BCUT2D eigenvalue weighted by Gasteiger charge is -2.10. The summed E-state index contributed by atoms with van der Waals surface area (Å²) in [6, 6.07) is 2.02. The molecule has 0 aromatic carbocycles. The molecule has 90 valence electrons. The second-order valence-electron chi connectivity index (χ2n) is 4.63. The third-order valence-corrected chi connectivity index (χ3v) is 3.62. The van der Waals surface area contributed by atoms with E-state index in [4.69, 9.17) is 11.6 Å². The smallest absolute Gasteiger partial charge is 0.152 e. The van der Waals surface area contributed by atoms with Gasteiger partial charge in [0, 0.05) is 18.9 Å². The van der Waals surface area contributed by atoms with Crippen LogP contribution in [0.2, 0.25) is 0 Å². The van der Waals surface area contributed by atoms with Crippen LogP contribution in [0.3, 0.4) is 0 Å². The van der Waals surface area contributed by atoms with Crippen molar-refractivity contribution in [1.29, 1.82) is 0 Å². The molecule has 3 rings (SSSR count).